The second-order valence-corrected chi connectivity index (χ2v) is 9.46. The molecule has 0 aliphatic heterocycles. The zero-order valence-electron chi connectivity index (χ0n) is 18.7. The Hall–Kier alpha value is -2.92. The van der Waals surface area contributed by atoms with Gasteiger partial charge in [-0.25, -0.2) is 4.98 Å². The molecule has 0 unspecified atom stereocenters. The highest BCUT2D eigenvalue weighted by molar-refractivity contribution is 7.98. The summed E-state index contributed by atoms with van der Waals surface area (Å²) in [5.41, 5.74) is 1.54. The van der Waals surface area contributed by atoms with Crippen LogP contribution in [0.4, 0.5) is 19.0 Å². The maximum atomic E-state index is 12.6. The number of alkyl halides is 3. The van der Waals surface area contributed by atoms with Crippen LogP contribution in [0.3, 0.4) is 0 Å². The van der Waals surface area contributed by atoms with Crippen molar-refractivity contribution in [3.63, 3.8) is 0 Å². The molecule has 1 saturated carbocycles. The Kier molecular flexibility index (Phi) is 6.54. The first-order valence-electron chi connectivity index (χ1n) is 11.0. The summed E-state index contributed by atoms with van der Waals surface area (Å²) < 4.78 is 45.7. The number of hydrogen-bond donors (Lipinski definition) is 0. The van der Waals surface area contributed by atoms with E-state index in [0.717, 1.165) is 36.5 Å². The lowest BCUT2D eigenvalue weighted by Gasteiger charge is -2.25. The second kappa shape index (κ2) is 9.62. The van der Waals surface area contributed by atoms with E-state index in [2.05, 4.69) is 19.7 Å². The first kappa shape index (κ1) is 23.8. The lowest BCUT2D eigenvalue weighted by atomic mass is 10.1. The summed E-state index contributed by atoms with van der Waals surface area (Å²) in [7, 11) is 0. The normalized spacial score (nSPS) is 14.0. The minimum absolute atomic E-state index is 0.0936. The largest absolute Gasteiger partial charge is 0.573 e. The molecule has 4 aromatic rings. The first-order chi connectivity index (χ1) is 16.8. The Morgan fingerprint density at radius 1 is 1.23 bits per heavy atom. The number of benzene rings is 1. The Balaban J connectivity index is 1.54. The monoisotopic (exact) mass is 522 g/mol. The van der Waals surface area contributed by atoms with Crippen LogP contribution < -0.4 is 9.64 Å². The highest BCUT2D eigenvalue weighted by Gasteiger charge is 2.32. The van der Waals surface area contributed by atoms with Crippen molar-refractivity contribution in [3.8, 4) is 17.0 Å². The van der Waals surface area contributed by atoms with Gasteiger partial charge in [-0.3, -0.25) is 14.1 Å². The smallest absolute Gasteiger partial charge is 0.406 e. The van der Waals surface area contributed by atoms with Gasteiger partial charge in [0.15, 0.2) is 5.65 Å². The van der Waals surface area contributed by atoms with Crippen LogP contribution in [0.2, 0.25) is 5.02 Å². The Morgan fingerprint density at radius 2 is 2.06 bits per heavy atom. The Labute approximate surface area is 208 Å². The number of rotatable bonds is 9. The molecule has 5 rings (SSSR count). The number of thioether (sulfide) groups is 1. The summed E-state index contributed by atoms with van der Waals surface area (Å²) in [6.07, 6.45) is 6.79. The molecule has 1 aliphatic rings. The molecule has 184 valence electrons. The SMILES string of the molecule is CSc1nc2c(-c3ccc(OC(F)(F)F)cc3Cl)nccn2c1N(CCn1cccn1)CC1CC1. The van der Waals surface area contributed by atoms with Crippen LogP contribution in [0.5, 0.6) is 5.75 Å². The number of hydrogen-bond acceptors (Lipinski definition) is 6. The van der Waals surface area contributed by atoms with Crippen LogP contribution in [0, 0.1) is 5.92 Å². The number of aromatic nitrogens is 5. The van der Waals surface area contributed by atoms with Gasteiger partial charge in [-0.15, -0.1) is 24.9 Å². The molecule has 0 bridgehead atoms. The molecule has 0 radical (unpaired) electrons. The van der Waals surface area contributed by atoms with Gasteiger partial charge in [-0.2, -0.15) is 5.10 Å². The standard InChI is InChI=1S/C23H22ClF3N6OS/c1-35-21-22(31(14-15-3-4-15)11-12-32-9-2-7-29-32)33-10-8-28-19(20(33)30-21)17-6-5-16(13-18(17)24)34-23(25,26)27/h2,5-10,13,15H,3-4,11-12,14H2,1H3. The molecule has 3 aromatic heterocycles. The Morgan fingerprint density at radius 3 is 2.71 bits per heavy atom. The predicted octanol–water partition coefficient (Wildman–Crippen LogP) is 5.78. The fraction of sp³-hybridized carbons (Fsp3) is 0.348. The molecule has 35 heavy (non-hydrogen) atoms. The highest BCUT2D eigenvalue weighted by Crippen LogP contribution is 2.39. The van der Waals surface area contributed by atoms with E-state index in [9.17, 15) is 13.2 Å². The van der Waals surface area contributed by atoms with Crippen LogP contribution >= 0.6 is 23.4 Å². The van der Waals surface area contributed by atoms with Crippen molar-refractivity contribution in [2.45, 2.75) is 30.8 Å². The molecule has 0 saturated heterocycles. The average molecular weight is 523 g/mol. The van der Waals surface area contributed by atoms with Crippen LogP contribution in [-0.2, 0) is 6.54 Å². The van der Waals surface area contributed by atoms with E-state index in [0.29, 0.717) is 22.8 Å². The van der Waals surface area contributed by atoms with Crippen molar-refractivity contribution in [3.05, 3.63) is 54.1 Å². The van der Waals surface area contributed by atoms with Gasteiger partial charge in [-0.1, -0.05) is 11.6 Å². The highest BCUT2D eigenvalue weighted by atomic mass is 35.5. The maximum Gasteiger partial charge on any atom is 0.573 e. The molecular formula is C23H22ClF3N6OS. The van der Waals surface area contributed by atoms with E-state index in [4.69, 9.17) is 16.6 Å². The van der Waals surface area contributed by atoms with E-state index in [1.54, 1.807) is 12.4 Å². The van der Waals surface area contributed by atoms with Crippen molar-refractivity contribution < 1.29 is 17.9 Å². The van der Waals surface area contributed by atoms with E-state index >= 15 is 0 Å². The van der Waals surface area contributed by atoms with Gasteiger partial charge in [0.2, 0.25) is 0 Å². The molecular weight excluding hydrogens is 501 g/mol. The van der Waals surface area contributed by atoms with Gasteiger partial charge in [0, 0.05) is 43.4 Å². The molecule has 7 nitrogen and oxygen atoms in total. The first-order valence-corrected chi connectivity index (χ1v) is 12.6. The molecule has 0 atom stereocenters. The second-order valence-electron chi connectivity index (χ2n) is 8.26. The molecule has 0 amide bonds. The van der Waals surface area contributed by atoms with Crippen LogP contribution in [0.25, 0.3) is 16.9 Å². The fourth-order valence-electron chi connectivity index (χ4n) is 4.00. The van der Waals surface area contributed by atoms with E-state index < -0.39 is 6.36 Å². The number of anilines is 1. The zero-order valence-corrected chi connectivity index (χ0v) is 20.3. The number of ether oxygens (including phenoxy) is 1. The van der Waals surface area contributed by atoms with E-state index in [1.807, 2.05) is 33.8 Å². The van der Waals surface area contributed by atoms with Gasteiger partial charge in [-0.05, 0) is 49.3 Å². The van der Waals surface area contributed by atoms with Gasteiger partial charge in [0.25, 0.3) is 0 Å². The van der Waals surface area contributed by atoms with Crippen molar-refractivity contribution in [1.29, 1.82) is 0 Å². The average Bonchev–Trinajstić information content (AvgIpc) is 3.32. The minimum Gasteiger partial charge on any atom is -0.406 e. The fourth-order valence-corrected chi connectivity index (χ4v) is 4.84. The van der Waals surface area contributed by atoms with Crippen LogP contribution in [-0.4, -0.2) is 49.9 Å². The third kappa shape index (κ3) is 5.35. The lowest BCUT2D eigenvalue weighted by Crippen LogP contribution is -2.31. The van der Waals surface area contributed by atoms with Gasteiger partial charge < -0.3 is 9.64 Å². The molecule has 0 spiro atoms. The molecule has 12 heteroatoms. The van der Waals surface area contributed by atoms with Crippen molar-refractivity contribution in [2.75, 3.05) is 24.2 Å². The molecule has 1 fully saturated rings. The van der Waals surface area contributed by atoms with Crippen LogP contribution in [0.15, 0.2) is 54.1 Å². The summed E-state index contributed by atoms with van der Waals surface area (Å²) >= 11 is 7.91. The van der Waals surface area contributed by atoms with E-state index in [1.165, 1.54) is 36.7 Å². The summed E-state index contributed by atoms with van der Waals surface area (Å²) in [4.78, 5) is 11.7. The molecule has 3 heterocycles. The van der Waals surface area contributed by atoms with Gasteiger partial charge >= 0.3 is 6.36 Å². The molecule has 1 aliphatic carbocycles. The minimum atomic E-state index is -4.80. The molecule has 1 aromatic carbocycles. The summed E-state index contributed by atoms with van der Waals surface area (Å²) in [6, 6.07) is 5.74. The number of imidazole rings is 1. The summed E-state index contributed by atoms with van der Waals surface area (Å²) in [5, 5.41) is 5.25. The summed E-state index contributed by atoms with van der Waals surface area (Å²) in [6.45, 7) is 2.39. The Bertz CT molecular complexity index is 1320. The van der Waals surface area contributed by atoms with Crippen molar-refractivity contribution >= 4 is 34.8 Å². The predicted molar refractivity (Wildman–Crippen MR) is 129 cm³/mol. The third-order valence-electron chi connectivity index (χ3n) is 5.74. The number of nitrogens with zero attached hydrogens (tertiary/aromatic N) is 6. The number of fused-ring (bicyclic) bond motifs is 1. The maximum absolute atomic E-state index is 12.6. The molecule has 0 N–H and O–H groups in total. The van der Waals surface area contributed by atoms with Gasteiger partial charge in [0.1, 0.15) is 22.3 Å². The topological polar surface area (TPSA) is 60.5 Å². The lowest BCUT2D eigenvalue weighted by molar-refractivity contribution is -0.274. The zero-order chi connectivity index (χ0) is 24.6. The number of halogens is 4. The van der Waals surface area contributed by atoms with Crippen molar-refractivity contribution in [2.24, 2.45) is 5.92 Å². The van der Waals surface area contributed by atoms with E-state index in [-0.39, 0.29) is 10.8 Å². The third-order valence-corrected chi connectivity index (χ3v) is 6.72. The van der Waals surface area contributed by atoms with Crippen molar-refractivity contribution in [1.82, 2.24) is 24.1 Å². The van der Waals surface area contributed by atoms with Gasteiger partial charge in [0.05, 0.1) is 11.6 Å². The van der Waals surface area contributed by atoms with Crippen LogP contribution in [0.1, 0.15) is 12.8 Å². The summed E-state index contributed by atoms with van der Waals surface area (Å²) in [5.74, 6) is 1.22. The quantitative estimate of drug-likeness (QED) is 0.260.